The molecule has 154 valence electrons. The van der Waals surface area contributed by atoms with Crippen LogP contribution in [0.5, 0.6) is 0 Å². The largest absolute Gasteiger partial charge is 0.330 e. The van der Waals surface area contributed by atoms with Crippen molar-refractivity contribution in [2.24, 2.45) is 0 Å². The van der Waals surface area contributed by atoms with Crippen molar-refractivity contribution in [3.05, 3.63) is 93.0 Å². The molecule has 0 aliphatic carbocycles. The SMILES string of the molecule is CCc1c(C)c2c(c(C)c1-c1ccc(C)cc1)CN(C(=O)c1cccc(F)c1F)C2. The van der Waals surface area contributed by atoms with Crippen molar-refractivity contribution in [1.29, 1.82) is 0 Å². The second kappa shape index (κ2) is 7.67. The minimum absolute atomic E-state index is 0.215. The first kappa shape index (κ1) is 20.3. The number of aryl methyl sites for hydroxylation is 1. The van der Waals surface area contributed by atoms with Gasteiger partial charge < -0.3 is 4.90 Å². The Morgan fingerprint density at radius 3 is 2.20 bits per heavy atom. The van der Waals surface area contributed by atoms with E-state index >= 15 is 0 Å². The number of hydrogen-bond donors (Lipinski definition) is 0. The van der Waals surface area contributed by atoms with Gasteiger partial charge in [0.15, 0.2) is 11.6 Å². The van der Waals surface area contributed by atoms with Crippen molar-refractivity contribution in [1.82, 2.24) is 4.90 Å². The van der Waals surface area contributed by atoms with Crippen LogP contribution in [0.3, 0.4) is 0 Å². The van der Waals surface area contributed by atoms with Gasteiger partial charge in [-0.1, -0.05) is 42.8 Å². The molecule has 0 saturated heterocycles. The Balaban J connectivity index is 1.79. The molecule has 0 N–H and O–H groups in total. The highest BCUT2D eigenvalue weighted by atomic mass is 19.2. The van der Waals surface area contributed by atoms with Gasteiger partial charge in [-0.2, -0.15) is 0 Å². The summed E-state index contributed by atoms with van der Waals surface area (Å²) in [4.78, 5) is 14.6. The number of benzene rings is 3. The predicted molar refractivity (Wildman–Crippen MR) is 115 cm³/mol. The minimum Gasteiger partial charge on any atom is -0.330 e. The summed E-state index contributed by atoms with van der Waals surface area (Å²) in [6.07, 6.45) is 0.885. The van der Waals surface area contributed by atoms with Gasteiger partial charge in [-0.25, -0.2) is 8.78 Å². The highest BCUT2D eigenvalue weighted by Gasteiger charge is 2.31. The molecule has 0 fully saturated rings. The van der Waals surface area contributed by atoms with Crippen LogP contribution in [0.1, 0.15) is 50.7 Å². The Bertz CT molecular complexity index is 1150. The number of nitrogens with zero attached hydrogens (tertiary/aromatic N) is 1. The lowest BCUT2D eigenvalue weighted by atomic mass is 9.84. The molecule has 1 aliphatic rings. The van der Waals surface area contributed by atoms with Gasteiger partial charge in [0.05, 0.1) is 5.56 Å². The summed E-state index contributed by atoms with van der Waals surface area (Å²) in [5.41, 5.74) is 9.25. The smallest absolute Gasteiger partial charge is 0.257 e. The molecule has 0 spiro atoms. The van der Waals surface area contributed by atoms with E-state index in [0.717, 1.165) is 29.2 Å². The van der Waals surface area contributed by atoms with Gasteiger partial charge in [-0.05, 0) is 78.3 Å². The number of halogens is 2. The predicted octanol–water partition coefficient (Wildman–Crippen LogP) is 6.28. The van der Waals surface area contributed by atoms with E-state index in [1.807, 2.05) is 0 Å². The Hall–Kier alpha value is -3.01. The number of rotatable bonds is 3. The van der Waals surface area contributed by atoms with Crippen molar-refractivity contribution < 1.29 is 13.6 Å². The lowest BCUT2D eigenvalue weighted by Crippen LogP contribution is -2.26. The third-order valence-corrected chi connectivity index (χ3v) is 6.26. The standard InChI is InChI=1S/C26H25F2NO/c1-5-19-16(3)21-13-29(26(30)20-7-6-8-23(27)25(20)28)14-22(21)17(4)24(19)18-11-9-15(2)10-12-18/h6-12H,5,13-14H2,1-4H3. The molecule has 2 nitrogen and oxygen atoms in total. The van der Waals surface area contributed by atoms with Crippen molar-refractivity contribution >= 4 is 5.91 Å². The van der Waals surface area contributed by atoms with Crippen LogP contribution in [-0.4, -0.2) is 10.8 Å². The summed E-state index contributed by atoms with van der Waals surface area (Å²) in [5, 5.41) is 0. The molecule has 1 amide bonds. The van der Waals surface area contributed by atoms with Crippen LogP contribution >= 0.6 is 0 Å². The molecule has 0 bridgehead atoms. The molecule has 4 heteroatoms. The Morgan fingerprint density at radius 1 is 0.933 bits per heavy atom. The van der Waals surface area contributed by atoms with Crippen LogP contribution in [0.15, 0.2) is 42.5 Å². The fraction of sp³-hybridized carbons (Fsp3) is 0.269. The maximum Gasteiger partial charge on any atom is 0.257 e. The highest BCUT2D eigenvalue weighted by Crippen LogP contribution is 2.40. The molecule has 0 unspecified atom stereocenters. The van der Waals surface area contributed by atoms with Crippen molar-refractivity contribution in [3.63, 3.8) is 0 Å². The van der Waals surface area contributed by atoms with Crippen LogP contribution in [-0.2, 0) is 19.5 Å². The highest BCUT2D eigenvalue weighted by molar-refractivity contribution is 5.95. The second-order valence-corrected chi connectivity index (χ2v) is 8.04. The molecular formula is C26H25F2NO. The normalized spacial score (nSPS) is 12.9. The second-order valence-electron chi connectivity index (χ2n) is 8.04. The van der Waals surface area contributed by atoms with E-state index in [1.54, 1.807) is 4.90 Å². The average Bonchev–Trinajstić information content (AvgIpc) is 3.19. The van der Waals surface area contributed by atoms with Crippen molar-refractivity contribution in [2.45, 2.75) is 47.2 Å². The van der Waals surface area contributed by atoms with E-state index in [2.05, 4.69) is 52.0 Å². The molecule has 0 saturated carbocycles. The Kier molecular flexibility index (Phi) is 5.19. The number of fused-ring (bicyclic) bond motifs is 1. The summed E-state index contributed by atoms with van der Waals surface area (Å²) in [6, 6.07) is 12.2. The van der Waals surface area contributed by atoms with Gasteiger partial charge in [-0.3, -0.25) is 4.79 Å². The minimum atomic E-state index is -1.08. The third kappa shape index (κ3) is 3.20. The first-order chi connectivity index (χ1) is 14.3. The fourth-order valence-corrected chi connectivity index (χ4v) is 4.60. The summed E-state index contributed by atoms with van der Waals surface area (Å²) < 4.78 is 27.8. The van der Waals surface area contributed by atoms with Crippen LogP contribution in [0.25, 0.3) is 11.1 Å². The van der Waals surface area contributed by atoms with Crippen LogP contribution in [0.2, 0.25) is 0 Å². The molecule has 0 atom stereocenters. The van der Waals surface area contributed by atoms with E-state index in [1.165, 1.54) is 39.9 Å². The zero-order valence-electron chi connectivity index (χ0n) is 17.8. The van der Waals surface area contributed by atoms with E-state index in [0.29, 0.717) is 13.1 Å². The molecule has 30 heavy (non-hydrogen) atoms. The number of carbonyl (C=O) groups excluding carboxylic acids is 1. The zero-order chi connectivity index (χ0) is 21.6. The van der Waals surface area contributed by atoms with Gasteiger partial charge in [0.1, 0.15) is 0 Å². The molecule has 4 rings (SSSR count). The monoisotopic (exact) mass is 405 g/mol. The van der Waals surface area contributed by atoms with Gasteiger partial charge in [0.25, 0.3) is 5.91 Å². The average molecular weight is 405 g/mol. The van der Waals surface area contributed by atoms with E-state index in [-0.39, 0.29) is 5.56 Å². The number of amides is 1. The third-order valence-electron chi connectivity index (χ3n) is 6.26. The summed E-state index contributed by atoms with van der Waals surface area (Å²) in [5.74, 6) is -2.56. The van der Waals surface area contributed by atoms with Crippen molar-refractivity contribution in [2.75, 3.05) is 0 Å². The Morgan fingerprint density at radius 2 is 1.57 bits per heavy atom. The van der Waals surface area contributed by atoms with Gasteiger partial charge >= 0.3 is 0 Å². The van der Waals surface area contributed by atoms with Crippen LogP contribution in [0, 0.1) is 32.4 Å². The van der Waals surface area contributed by atoms with Gasteiger partial charge in [0.2, 0.25) is 0 Å². The topological polar surface area (TPSA) is 20.3 Å². The maximum atomic E-state index is 14.2. The molecule has 0 radical (unpaired) electrons. The first-order valence-electron chi connectivity index (χ1n) is 10.3. The molecule has 3 aromatic rings. The number of carbonyl (C=O) groups is 1. The molecular weight excluding hydrogens is 380 g/mol. The van der Waals surface area contributed by atoms with Crippen molar-refractivity contribution in [3.8, 4) is 11.1 Å². The van der Waals surface area contributed by atoms with E-state index in [9.17, 15) is 13.6 Å². The lowest BCUT2D eigenvalue weighted by molar-refractivity contribution is 0.0745. The van der Waals surface area contributed by atoms with E-state index < -0.39 is 17.5 Å². The zero-order valence-corrected chi connectivity index (χ0v) is 17.8. The molecule has 1 aliphatic heterocycles. The summed E-state index contributed by atoms with van der Waals surface area (Å²) in [6.45, 7) is 9.23. The maximum absolute atomic E-state index is 14.2. The summed E-state index contributed by atoms with van der Waals surface area (Å²) >= 11 is 0. The van der Waals surface area contributed by atoms with Gasteiger partial charge in [0, 0.05) is 13.1 Å². The van der Waals surface area contributed by atoms with E-state index in [4.69, 9.17) is 0 Å². The van der Waals surface area contributed by atoms with Crippen LogP contribution in [0.4, 0.5) is 8.78 Å². The first-order valence-corrected chi connectivity index (χ1v) is 10.3. The van der Waals surface area contributed by atoms with Crippen LogP contribution < -0.4 is 0 Å². The molecule has 3 aromatic carbocycles. The van der Waals surface area contributed by atoms with Gasteiger partial charge in [-0.15, -0.1) is 0 Å². The number of hydrogen-bond acceptors (Lipinski definition) is 1. The summed E-state index contributed by atoms with van der Waals surface area (Å²) in [7, 11) is 0. The molecule has 0 aromatic heterocycles. The quantitative estimate of drug-likeness (QED) is 0.502. The Labute approximate surface area is 176 Å². The fourth-order valence-electron chi connectivity index (χ4n) is 4.60. The molecule has 1 heterocycles. The lowest BCUT2D eigenvalue weighted by Gasteiger charge is -2.19.